The van der Waals surface area contributed by atoms with Crippen molar-refractivity contribution >= 4 is 33.0 Å². The fourth-order valence-electron chi connectivity index (χ4n) is 2.26. The number of carbonyl (C=O) groups is 1. The second-order valence-electron chi connectivity index (χ2n) is 4.94. The number of nitrogens with zero attached hydrogens (tertiary/aromatic N) is 1. The van der Waals surface area contributed by atoms with Crippen molar-refractivity contribution in [2.75, 3.05) is 12.3 Å². The van der Waals surface area contributed by atoms with E-state index in [1.165, 1.54) is 11.3 Å². The lowest BCUT2D eigenvalue weighted by atomic mass is 10.1. The van der Waals surface area contributed by atoms with Crippen LogP contribution in [0.1, 0.15) is 27.9 Å². The third kappa shape index (κ3) is 2.55. The predicted octanol–water partition coefficient (Wildman–Crippen LogP) is 3.82. The Balaban J connectivity index is 1.99. The lowest BCUT2D eigenvalue weighted by molar-refractivity contribution is 0.104. The summed E-state index contributed by atoms with van der Waals surface area (Å²) >= 11 is 1.34. The van der Waals surface area contributed by atoms with E-state index in [1.807, 2.05) is 26.0 Å². The minimum atomic E-state index is -0.0822. The minimum absolute atomic E-state index is 0.0822. The van der Waals surface area contributed by atoms with Crippen molar-refractivity contribution in [3.05, 3.63) is 52.5 Å². The number of nitrogens with two attached hydrogens (primary N) is 1. The van der Waals surface area contributed by atoms with Gasteiger partial charge in [0.15, 0.2) is 0 Å². The molecule has 0 atom stereocenters. The molecule has 0 aliphatic rings. The summed E-state index contributed by atoms with van der Waals surface area (Å²) < 4.78 is 5.39. The van der Waals surface area contributed by atoms with Crippen LogP contribution in [0.4, 0.5) is 5.69 Å². The van der Waals surface area contributed by atoms with Crippen molar-refractivity contribution in [1.82, 2.24) is 4.98 Å². The minimum Gasteiger partial charge on any atom is -0.494 e. The van der Waals surface area contributed by atoms with Gasteiger partial charge in [-0.3, -0.25) is 4.79 Å². The van der Waals surface area contributed by atoms with E-state index in [-0.39, 0.29) is 5.78 Å². The lowest BCUT2D eigenvalue weighted by Crippen LogP contribution is -2.02. The first kappa shape index (κ1) is 14.5. The molecule has 0 unspecified atom stereocenters. The average Bonchev–Trinajstić information content (AvgIpc) is 2.84. The molecule has 1 aromatic carbocycles. The summed E-state index contributed by atoms with van der Waals surface area (Å²) in [7, 11) is 0. The number of hydrogen-bond donors (Lipinski definition) is 1. The molecule has 112 valence electrons. The molecule has 0 fully saturated rings. The Kier molecular flexibility index (Phi) is 3.81. The Morgan fingerprint density at radius 1 is 1.23 bits per heavy atom. The standard InChI is InChI=1S/C17H16N2O2S/c1-3-21-12-7-5-11(6-8-12)15(20)16-14(18)13-9-4-10(2)19-17(13)22-16/h4-9H,3,18H2,1-2H3. The van der Waals surface area contributed by atoms with Gasteiger partial charge < -0.3 is 10.5 Å². The van der Waals surface area contributed by atoms with Crippen molar-refractivity contribution in [1.29, 1.82) is 0 Å². The van der Waals surface area contributed by atoms with Gasteiger partial charge in [0.25, 0.3) is 0 Å². The first-order chi connectivity index (χ1) is 10.6. The van der Waals surface area contributed by atoms with Crippen molar-refractivity contribution in [2.45, 2.75) is 13.8 Å². The van der Waals surface area contributed by atoms with Crippen LogP contribution in [0.2, 0.25) is 0 Å². The number of ketones is 1. The van der Waals surface area contributed by atoms with E-state index in [4.69, 9.17) is 10.5 Å². The Bertz CT molecular complexity index is 838. The van der Waals surface area contributed by atoms with Gasteiger partial charge in [-0.1, -0.05) is 0 Å². The first-order valence-electron chi connectivity index (χ1n) is 7.03. The second kappa shape index (κ2) is 5.77. The van der Waals surface area contributed by atoms with Crippen LogP contribution in [-0.2, 0) is 0 Å². The molecule has 3 aromatic rings. The summed E-state index contributed by atoms with van der Waals surface area (Å²) in [5, 5.41) is 0.838. The molecule has 3 rings (SSSR count). The zero-order valence-electron chi connectivity index (χ0n) is 12.4. The molecule has 0 amide bonds. The van der Waals surface area contributed by atoms with E-state index >= 15 is 0 Å². The van der Waals surface area contributed by atoms with Crippen LogP contribution in [0.15, 0.2) is 36.4 Å². The van der Waals surface area contributed by atoms with Crippen LogP contribution in [0.5, 0.6) is 5.75 Å². The predicted molar refractivity (Wildman–Crippen MR) is 89.8 cm³/mol. The molecule has 0 radical (unpaired) electrons. The Morgan fingerprint density at radius 2 is 1.95 bits per heavy atom. The molecule has 0 spiro atoms. The van der Waals surface area contributed by atoms with Gasteiger partial charge in [-0.05, 0) is 50.2 Å². The molecule has 0 aliphatic carbocycles. The van der Waals surface area contributed by atoms with E-state index in [0.717, 1.165) is 21.7 Å². The molecular weight excluding hydrogens is 296 g/mol. The number of fused-ring (bicyclic) bond motifs is 1. The number of aromatic nitrogens is 1. The largest absolute Gasteiger partial charge is 0.494 e. The lowest BCUT2D eigenvalue weighted by Gasteiger charge is -2.04. The smallest absolute Gasteiger partial charge is 0.205 e. The quantitative estimate of drug-likeness (QED) is 0.744. The zero-order chi connectivity index (χ0) is 15.7. The fourth-order valence-corrected chi connectivity index (χ4v) is 3.36. The second-order valence-corrected chi connectivity index (χ2v) is 5.94. The molecule has 0 aliphatic heterocycles. The van der Waals surface area contributed by atoms with E-state index in [0.29, 0.717) is 22.7 Å². The topological polar surface area (TPSA) is 65.2 Å². The average molecular weight is 312 g/mol. The number of hydrogen-bond acceptors (Lipinski definition) is 5. The molecule has 2 aromatic heterocycles. The maximum Gasteiger partial charge on any atom is 0.205 e. The Hall–Kier alpha value is -2.40. The fraction of sp³-hybridized carbons (Fsp3) is 0.176. The van der Waals surface area contributed by atoms with E-state index in [1.54, 1.807) is 24.3 Å². The van der Waals surface area contributed by atoms with E-state index < -0.39 is 0 Å². The van der Waals surface area contributed by atoms with Crippen LogP contribution < -0.4 is 10.5 Å². The maximum atomic E-state index is 12.7. The maximum absolute atomic E-state index is 12.7. The molecular formula is C17H16N2O2S. The van der Waals surface area contributed by atoms with Gasteiger partial charge in [0.05, 0.1) is 12.3 Å². The number of aryl methyl sites for hydroxylation is 1. The van der Waals surface area contributed by atoms with Crippen LogP contribution >= 0.6 is 11.3 Å². The summed E-state index contributed by atoms with van der Waals surface area (Å²) in [4.78, 5) is 18.4. The highest BCUT2D eigenvalue weighted by Gasteiger charge is 2.18. The van der Waals surface area contributed by atoms with Crippen LogP contribution in [0.25, 0.3) is 10.2 Å². The Morgan fingerprint density at radius 3 is 2.64 bits per heavy atom. The third-order valence-electron chi connectivity index (χ3n) is 3.37. The number of nitrogen functional groups attached to an aromatic ring is 1. The first-order valence-corrected chi connectivity index (χ1v) is 7.85. The van der Waals surface area contributed by atoms with Gasteiger partial charge in [0.1, 0.15) is 15.5 Å². The van der Waals surface area contributed by atoms with Gasteiger partial charge in [-0.25, -0.2) is 4.98 Å². The summed E-state index contributed by atoms with van der Waals surface area (Å²) in [6.45, 7) is 4.44. The number of anilines is 1. The number of benzene rings is 1. The highest BCUT2D eigenvalue weighted by atomic mass is 32.1. The summed E-state index contributed by atoms with van der Waals surface area (Å²) in [6, 6.07) is 10.9. The number of rotatable bonds is 4. The van der Waals surface area contributed by atoms with Crippen molar-refractivity contribution in [2.24, 2.45) is 0 Å². The van der Waals surface area contributed by atoms with Crippen LogP contribution in [-0.4, -0.2) is 17.4 Å². The number of carbonyl (C=O) groups excluding carboxylic acids is 1. The molecule has 0 saturated carbocycles. The van der Waals surface area contributed by atoms with Crippen molar-refractivity contribution in [3.8, 4) is 5.75 Å². The van der Waals surface area contributed by atoms with Gasteiger partial charge >= 0.3 is 0 Å². The molecule has 0 bridgehead atoms. The number of ether oxygens (including phenoxy) is 1. The van der Waals surface area contributed by atoms with E-state index in [2.05, 4.69) is 4.98 Å². The number of thiophene rings is 1. The normalized spacial score (nSPS) is 10.8. The summed E-state index contributed by atoms with van der Waals surface area (Å²) in [5.74, 6) is 0.668. The monoisotopic (exact) mass is 312 g/mol. The molecule has 2 N–H and O–H groups in total. The van der Waals surface area contributed by atoms with Crippen molar-refractivity contribution in [3.63, 3.8) is 0 Å². The van der Waals surface area contributed by atoms with Gasteiger partial charge in [-0.15, -0.1) is 11.3 Å². The SMILES string of the molecule is CCOc1ccc(C(=O)c2sc3nc(C)ccc3c2N)cc1. The molecule has 2 heterocycles. The van der Waals surface area contributed by atoms with Crippen molar-refractivity contribution < 1.29 is 9.53 Å². The third-order valence-corrected chi connectivity index (χ3v) is 4.48. The van der Waals surface area contributed by atoms with Gasteiger partial charge in [-0.2, -0.15) is 0 Å². The molecule has 22 heavy (non-hydrogen) atoms. The zero-order valence-corrected chi connectivity index (χ0v) is 13.2. The van der Waals surface area contributed by atoms with Gasteiger partial charge in [0, 0.05) is 16.6 Å². The van der Waals surface area contributed by atoms with E-state index in [9.17, 15) is 4.79 Å². The Labute approximate surface area is 132 Å². The highest BCUT2D eigenvalue weighted by molar-refractivity contribution is 7.21. The number of pyridine rings is 1. The van der Waals surface area contributed by atoms with Crippen LogP contribution in [0.3, 0.4) is 0 Å². The molecule has 5 heteroatoms. The summed E-state index contributed by atoms with van der Waals surface area (Å²) in [5.41, 5.74) is 8.14. The van der Waals surface area contributed by atoms with Gasteiger partial charge in [0.2, 0.25) is 5.78 Å². The molecule has 0 saturated heterocycles. The highest BCUT2D eigenvalue weighted by Crippen LogP contribution is 2.34. The van der Waals surface area contributed by atoms with Crippen LogP contribution in [0, 0.1) is 6.92 Å². The summed E-state index contributed by atoms with van der Waals surface area (Å²) in [6.07, 6.45) is 0. The molecule has 4 nitrogen and oxygen atoms in total.